The van der Waals surface area contributed by atoms with Gasteiger partial charge in [0.25, 0.3) is 5.91 Å². The molecule has 0 bridgehead atoms. The summed E-state index contributed by atoms with van der Waals surface area (Å²) >= 11 is 3.38. The van der Waals surface area contributed by atoms with Crippen molar-refractivity contribution in [2.24, 2.45) is 11.8 Å². The lowest BCUT2D eigenvalue weighted by atomic mass is 9.89. The zero-order valence-electron chi connectivity index (χ0n) is 17.0. The molecule has 1 saturated carbocycles. The van der Waals surface area contributed by atoms with Gasteiger partial charge in [0, 0.05) is 22.3 Å². The lowest BCUT2D eigenvalue weighted by molar-refractivity contribution is -0.126. The largest absolute Gasteiger partial charge is 0.492 e. The van der Waals surface area contributed by atoms with Gasteiger partial charge in [0.15, 0.2) is 0 Å². The Morgan fingerprint density at radius 2 is 1.80 bits per heavy atom. The Hall–Kier alpha value is -2.34. The van der Waals surface area contributed by atoms with Gasteiger partial charge in [-0.25, -0.2) is 0 Å². The summed E-state index contributed by atoms with van der Waals surface area (Å²) in [4.78, 5) is 25.1. The Morgan fingerprint density at radius 3 is 2.57 bits per heavy atom. The quantitative estimate of drug-likeness (QED) is 0.649. The minimum Gasteiger partial charge on any atom is -0.492 e. The summed E-state index contributed by atoms with van der Waals surface area (Å²) in [7, 11) is 0. The molecule has 0 aromatic heterocycles. The fourth-order valence-corrected chi connectivity index (χ4v) is 4.49. The highest BCUT2D eigenvalue weighted by molar-refractivity contribution is 9.10. The van der Waals surface area contributed by atoms with Gasteiger partial charge in [0.05, 0.1) is 5.92 Å². The Balaban J connectivity index is 1.36. The molecule has 4 rings (SSSR count). The Labute approximate surface area is 185 Å². The standard InChI is InChI=1S/C24H27BrN2O3/c25-20-8-6-17(7-9-20)24(29)27-21-10-11-22-18(13-21)12-19(15-30-22)23(28)26-14-16-4-2-1-3-5-16/h6-11,13,16,19H,1-5,12,14-15H2,(H,26,28)(H,27,29)/t19-/m1/s1. The van der Waals surface area contributed by atoms with Crippen LogP contribution in [0.1, 0.15) is 48.0 Å². The summed E-state index contributed by atoms with van der Waals surface area (Å²) < 4.78 is 6.76. The second-order valence-corrected chi connectivity index (χ2v) is 9.16. The molecule has 30 heavy (non-hydrogen) atoms. The number of rotatable bonds is 5. The number of anilines is 1. The van der Waals surface area contributed by atoms with Crippen molar-refractivity contribution in [1.29, 1.82) is 0 Å². The van der Waals surface area contributed by atoms with Gasteiger partial charge in [-0.2, -0.15) is 0 Å². The monoisotopic (exact) mass is 470 g/mol. The molecule has 2 aromatic carbocycles. The number of carbonyl (C=O) groups is 2. The number of halogens is 1. The molecule has 1 fully saturated rings. The van der Waals surface area contributed by atoms with Crippen LogP contribution in [-0.2, 0) is 11.2 Å². The second-order valence-electron chi connectivity index (χ2n) is 8.24. The first-order valence-electron chi connectivity index (χ1n) is 10.7. The van der Waals surface area contributed by atoms with Crippen LogP contribution in [0, 0.1) is 11.8 Å². The number of fused-ring (bicyclic) bond motifs is 1. The van der Waals surface area contributed by atoms with Crippen LogP contribution in [0.15, 0.2) is 46.9 Å². The van der Waals surface area contributed by atoms with E-state index in [-0.39, 0.29) is 17.7 Å². The van der Waals surface area contributed by atoms with Crippen LogP contribution in [-0.4, -0.2) is 25.0 Å². The molecular weight excluding hydrogens is 444 g/mol. The van der Waals surface area contributed by atoms with Crippen molar-refractivity contribution in [2.45, 2.75) is 38.5 Å². The zero-order valence-corrected chi connectivity index (χ0v) is 18.5. The Morgan fingerprint density at radius 1 is 1.03 bits per heavy atom. The predicted molar refractivity (Wildman–Crippen MR) is 121 cm³/mol. The van der Waals surface area contributed by atoms with E-state index in [0.29, 0.717) is 30.2 Å². The lowest BCUT2D eigenvalue weighted by Gasteiger charge is -2.27. The van der Waals surface area contributed by atoms with E-state index >= 15 is 0 Å². The third-order valence-electron chi connectivity index (χ3n) is 5.99. The Bertz CT molecular complexity index is 907. The van der Waals surface area contributed by atoms with Crippen molar-refractivity contribution in [3.05, 3.63) is 58.1 Å². The molecule has 158 valence electrons. The third kappa shape index (κ3) is 5.22. The van der Waals surface area contributed by atoms with Crippen molar-refractivity contribution in [1.82, 2.24) is 5.32 Å². The van der Waals surface area contributed by atoms with Gasteiger partial charge in [0.2, 0.25) is 5.91 Å². The SMILES string of the molecule is O=C(Nc1ccc2c(c1)C[C@@H](C(=O)NCC1CCCCC1)CO2)c1ccc(Br)cc1. The number of hydrogen-bond donors (Lipinski definition) is 2. The molecule has 0 saturated heterocycles. The molecule has 1 aliphatic carbocycles. The van der Waals surface area contributed by atoms with E-state index in [1.165, 1.54) is 32.1 Å². The summed E-state index contributed by atoms with van der Waals surface area (Å²) in [6.07, 6.45) is 6.91. The van der Waals surface area contributed by atoms with Crippen LogP contribution in [0.25, 0.3) is 0 Å². The minimum absolute atomic E-state index is 0.0653. The summed E-state index contributed by atoms with van der Waals surface area (Å²) in [6.45, 7) is 1.17. The first kappa shape index (κ1) is 20.9. The topological polar surface area (TPSA) is 67.4 Å². The fraction of sp³-hybridized carbons (Fsp3) is 0.417. The molecular formula is C24H27BrN2O3. The molecule has 2 amide bonds. The van der Waals surface area contributed by atoms with Gasteiger partial charge in [0.1, 0.15) is 12.4 Å². The highest BCUT2D eigenvalue weighted by Crippen LogP contribution is 2.30. The molecule has 2 N–H and O–H groups in total. The summed E-state index contributed by atoms with van der Waals surface area (Å²) in [5.41, 5.74) is 2.24. The maximum atomic E-state index is 12.7. The van der Waals surface area contributed by atoms with E-state index in [1.54, 1.807) is 12.1 Å². The minimum atomic E-state index is -0.196. The van der Waals surface area contributed by atoms with Gasteiger partial charge in [-0.1, -0.05) is 35.2 Å². The van der Waals surface area contributed by atoms with Crippen molar-refractivity contribution in [2.75, 3.05) is 18.5 Å². The zero-order chi connectivity index (χ0) is 20.9. The Kier molecular flexibility index (Phi) is 6.72. The van der Waals surface area contributed by atoms with Gasteiger partial charge >= 0.3 is 0 Å². The van der Waals surface area contributed by atoms with Crippen LogP contribution >= 0.6 is 15.9 Å². The van der Waals surface area contributed by atoms with E-state index in [9.17, 15) is 9.59 Å². The van der Waals surface area contributed by atoms with Crippen LogP contribution in [0.4, 0.5) is 5.69 Å². The normalized spacial score (nSPS) is 18.8. The van der Waals surface area contributed by atoms with Crippen LogP contribution in [0.5, 0.6) is 5.75 Å². The van der Waals surface area contributed by atoms with Crippen LogP contribution in [0.3, 0.4) is 0 Å². The van der Waals surface area contributed by atoms with E-state index < -0.39 is 0 Å². The number of amides is 2. The number of nitrogens with one attached hydrogen (secondary N) is 2. The first-order chi connectivity index (χ1) is 14.6. The predicted octanol–water partition coefficient (Wildman–Crippen LogP) is 4.95. The lowest BCUT2D eigenvalue weighted by Crippen LogP contribution is -2.39. The van der Waals surface area contributed by atoms with Crippen molar-refractivity contribution < 1.29 is 14.3 Å². The molecule has 2 aromatic rings. The van der Waals surface area contributed by atoms with E-state index in [4.69, 9.17) is 4.74 Å². The highest BCUT2D eigenvalue weighted by Gasteiger charge is 2.27. The summed E-state index contributed by atoms with van der Waals surface area (Å²) in [5.74, 6) is 1.10. The number of ether oxygens (including phenoxy) is 1. The molecule has 0 spiro atoms. The van der Waals surface area contributed by atoms with Gasteiger partial charge in [-0.05, 0) is 73.2 Å². The molecule has 0 unspecified atom stereocenters. The van der Waals surface area contributed by atoms with Crippen molar-refractivity contribution in [3.63, 3.8) is 0 Å². The van der Waals surface area contributed by atoms with E-state index in [0.717, 1.165) is 22.3 Å². The second kappa shape index (κ2) is 9.65. The van der Waals surface area contributed by atoms with Crippen LogP contribution < -0.4 is 15.4 Å². The number of carbonyl (C=O) groups excluding carboxylic acids is 2. The van der Waals surface area contributed by atoms with Gasteiger partial charge in [-0.15, -0.1) is 0 Å². The average molecular weight is 471 g/mol. The van der Waals surface area contributed by atoms with Crippen molar-refractivity contribution in [3.8, 4) is 5.75 Å². The van der Waals surface area contributed by atoms with E-state index in [1.807, 2.05) is 30.3 Å². The third-order valence-corrected chi connectivity index (χ3v) is 6.52. The average Bonchev–Trinajstić information content (AvgIpc) is 2.78. The molecule has 6 heteroatoms. The molecule has 1 atom stereocenters. The fourth-order valence-electron chi connectivity index (χ4n) is 4.23. The highest BCUT2D eigenvalue weighted by atomic mass is 79.9. The number of hydrogen-bond acceptors (Lipinski definition) is 3. The summed E-state index contributed by atoms with van der Waals surface area (Å²) in [5, 5.41) is 6.06. The smallest absolute Gasteiger partial charge is 0.255 e. The maximum Gasteiger partial charge on any atom is 0.255 e. The molecule has 1 heterocycles. The van der Waals surface area contributed by atoms with Crippen LogP contribution in [0.2, 0.25) is 0 Å². The van der Waals surface area contributed by atoms with Gasteiger partial charge < -0.3 is 15.4 Å². The van der Waals surface area contributed by atoms with E-state index in [2.05, 4.69) is 26.6 Å². The molecule has 1 aliphatic heterocycles. The summed E-state index contributed by atoms with van der Waals surface area (Å²) in [6, 6.07) is 12.8. The van der Waals surface area contributed by atoms with Gasteiger partial charge in [-0.3, -0.25) is 9.59 Å². The number of benzene rings is 2. The first-order valence-corrected chi connectivity index (χ1v) is 11.5. The molecule has 5 nitrogen and oxygen atoms in total. The van der Waals surface area contributed by atoms with Crippen molar-refractivity contribution >= 4 is 33.4 Å². The molecule has 0 radical (unpaired) electrons. The molecule has 2 aliphatic rings. The maximum absolute atomic E-state index is 12.7.